The molecule has 0 atom stereocenters. The Morgan fingerprint density at radius 1 is 1.50 bits per heavy atom. The van der Waals surface area contributed by atoms with Crippen LogP contribution in [0.1, 0.15) is 11.3 Å². The quantitative estimate of drug-likeness (QED) is 0.721. The molecule has 4 heteroatoms. The zero-order valence-corrected chi connectivity index (χ0v) is 8.85. The summed E-state index contributed by atoms with van der Waals surface area (Å²) in [5.41, 5.74) is 0.258. The summed E-state index contributed by atoms with van der Waals surface area (Å²) in [6, 6.07) is 4.83. The molecule has 2 rings (SSSR count). The highest BCUT2D eigenvalue weighted by atomic mass is 79.9. The number of rotatable bonds is 0. The van der Waals surface area contributed by atoms with E-state index < -0.39 is 5.82 Å². The molecule has 0 bridgehead atoms. The summed E-state index contributed by atoms with van der Waals surface area (Å²) >= 11 is 3.21. The van der Waals surface area contributed by atoms with E-state index in [1.54, 1.807) is 19.1 Å². The zero-order chi connectivity index (χ0) is 10.3. The van der Waals surface area contributed by atoms with E-state index in [-0.39, 0.29) is 5.56 Å². The highest BCUT2D eigenvalue weighted by Gasteiger charge is 2.14. The first-order valence-electron chi connectivity index (χ1n) is 3.91. The van der Waals surface area contributed by atoms with Crippen LogP contribution in [-0.2, 0) is 0 Å². The second-order valence-corrected chi connectivity index (χ2v) is 3.78. The number of hydrogen-bond donors (Lipinski definition) is 0. The number of fused-ring (bicyclic) bond motifs is 1. The van der Waals surface area contributed by atoms with Gasteiger partial charge in [0.25, 0.3) is 0 Å². The third-order valence-electron chi connectivity index (χ3n) is 1.94. The molecule has 1 aromatic carbocycles. The minimum Gasteiger partial charge on any atom is -0.460 e. The van der Waals surface area contributed by atoms with Gasteiger partial charge in [-0.3, -0.25) is 0 Å². The lowest BCUT2D eigenvalue weighted by Crippen LogP contribution is -1.84. The average molecular weight is 254 g/mol. The van der Waals surface area contributed by atoms with Gasteiger partial charge in [0.2, 0.25) is 0 Å². The van der Waals surface area contributed by atoms with Gasteiger partial charge in [0.15, 0.2) is 5.58 Å². The van der Waals surface area contributed by atoms with Gasteiger partial charge >= 0.3 is 0 Å². The molecule has 0 spiro atoms. The molecule has 0 unspecified atom stereocenters. The molecule has 0 saturated carbocycles. The van der Waals surface area contributed by atoms with E-state index in [2.05, 4.69) is 15.9 Å². The lowest BCUT2D eigenvalue weighted by atomic mass is 10.1. The smallest absolute Gasteiger partial charge is 0.156 e. The Balaban J connectivity index is 2.99. The molecule has 1 heterocycles. The van der Waals surface area contributed by atoms with Crippen molar-refractivity contribution in [1.29, 1.82) is 5.26 Å². The van der Waals surface area contributed by atoms with E-state index in [4.69, 9.17) is 9.68 Å². The molecular formula is C10H5BrFNO. The fraction of sp³-hybridized carbons (Fsp3) is 0.100. The van der Waals surface area contributed by atoms with Crippen LogP contribution in [0.25, 0.3) is 11.0 Å². The molecule has 1 aromatic heterocycles. The number of benzene rings is 1. The van der Waals surface area contributed by atoms with Gasteiger partial charge in [0.05, 0.1) is 0 Å². The number of furan rings is 1. The Bertz CT molecular complexity index is 553. The van der Waals surface area contributed by atoms with E-state index >= 15 is 0 Å². The maximum atomic E-state index is 13.3. The van der Waals surface area contributed by atoms with Gasteiger partial charge in [0, 0.05) is 9.86 Å². The number of halogens is 2. The first-order chi connectivity index (χ1) is 6.63. The molecule has 14 heavy (non-hydrogen) atoms. The van der Waals surface area contributed by atoms with Gasteiger partial charge < -0.3 is 4.42 Å². The summed E-state index contributed by atoms with van der Waals surface area (Å²) in [7, 11) is 0. The van der Waals surface area contributed by atoms with Crippen LogP contribution < -0.4 is 0 Å². The fourth-order valence-electron chi connectivity index (χ4n) is 1.35. The second kappa shape index (κ2) is 3.10. The van der Waals surface area contributed by atoms with Crippen molar-refractivity contribution >= 4 is 26.9 Å². The van der Waals surface area contributed by atoms with Crippen molar-refractivity contribution < 1.29 is 8.81 Å². The summed E-state index contributed by atoms with van der Waals surface area (Å²) < 4.78 is 19.1. The summed E-state index contributed by atoms with van der Waals surface area (Å²) in [6.45, 7) is 1.76. The third-order valence-corrected chi connectivity index (χ3v) is 2.60. The van der Waals surface area contributed by atoms with Crippen molar-refractivity contribution in [2.75, 3.05) is 0 Å². The average Bonchev–Trinajstić information content (AvgIpc) is 2.48. The van der Waals surface area contributed by atoms with Crippen LogP contribution in [0.5, 0.6) is 0 Å². The predicted octanol–water partition coefficient (Wildman–Crippen LogP) is 3.51. The SMILES string of the molecule is Cc1cc2c(Br)cc(F)c(C#N)c2o1. The number of nitrogens with zero attached hydrogens (tertiary/aromatic N) is 1. The first kappa shape index (κ1) is 9.22. The first-order valence-corrected chi connectivity index (χ1v) is 4.71. The molecule has 0 aliphatic carbocycles. The van der Waals surface area contributed by atoms with Gasteiger partial charge in [-0.2, -0.15) is 5.26 Å². The van der Waals surface area contributed by atoms with Crippen molar-refractivity contribution in [3.05, 3.63) is 33.7 Å². The van der Waals surface area contributed by atoms with Gasteiger partial charge in [-0.1, -0.05) is 0 Å². The van der Waals surface area contributed by atoms with Gasteiger partial charge in [0.1, 0.15) is 23.2 Å². The molecule has 70 valence electrons. The monoisotopic (exact) mass is 253 g/mol. The van der Waals surface area contributed by atoms with E-state index in [1.807, 2.05) is 0 Å². The van der Waals surface area contributed by atoms with Crippen molar-refractivity contribution in [1.82, 2.24) is 0 Å². The highest BCUT2D eigenvalue weighted by Crippen LogP contribution is 2.31. The van der Waals surface area contributed by atoms with Gasteiger partial charge in [-0.25, -0.2) is 4.39 Å². The van der Waals surface area contributed by atoms with Crippen molar-refractivity contribution in [2.45, 2.75) is 6.92 Å². The van der Waals surface area contributed by atoms with Crippen LogP contribution in [0.4, 0.5) is 4.39 Å². The van der Waals surface area contributed by atoms with E-state index in [9.17, 15) is 4.39 Å². The highest BCUT2D eigenvalue weighted by molar-refractivity contribution is 9.10. The molecule has 0 fully saturated rings. The predicted molar refractivity (Wildman–Crippen MR) is 53.3 cm³/mol. The number of aryl methyl sites for hydroxylation is 1. The molecule has 0 saturated heterocycles. The molecular weight excluding hydrogens is 249 g/mol. The lowest BCUT2D eigenvalue weighted by molar-refractivity contribution is 0.568. The number of hydrogen-bond acceptors (Lipinski definition) is 2. The van der Waals surface area contributed by atoms with Crippen LogP contribution in [-0.4, -0.2) is 0 Å². The number of nitriles is 1. The molecule has 0 radical (unpaired) electrons. The Labute approximate surface area is 88.1 Å². The maximum Gasteiger partial charge on any atom is 0.156 e. The van der Waals surface area contributed by atoms with Crippen LogP contribution in [0.2, 0.25) is 0 Å². The Morgan fingerprint density at radius 2 is 2.21 bits per heavy atom. The molecule has 2 aromatic rings. The Hall–Kier alpha value is -1.34. The fourth-order valence-corrected chi connectivity index (χ4v) is 1.85. The molecule has 0 amide bonds. The molecule has 2 nitrogen and oxygen atoms in total. The van der Waals surface area contributed by atoms with E-state index in [1.165, 1.54) is 6.07 Å². The zero-order valence-electron chi connectivity index (χ0n) is 7.27. The van der Waals surface area contributed by atoms with E-state index in [0.29, 0.717) is 15.8 Å². The molecule has 0 aliphatic heterocycles. The minimum atomic E-state index is -0.568. The largest absolute Gasteiger partial charge is 0.460 e. The van der Waals surface area contributed by atoms with Gasteiger partial charge in [-0.05, 0) is 35.0 Å². The van der Waals surface area contributed by atoms with Crippen molar-refractivity contribution in [3.8, 4) is 6.07 Å². The maximum absolute atomic E-state index is 13.3. The van der Waals surface area contributed by atoms with Crippen LogP contribution in [0.3, 0.4) is 0 Å². The summed E-state index contributed by atoms with van der Waals surface area (Å²) in [5.74, 6) is 0.0871. The molecule has 0 aliphatic rings. The lowest BCUT2D eigenvalue weighted by Gasteiger charge is -1.96. The Kier molecular flexibility index (Phi) is 2.05. The van der Waals surface area contributed by atoms with Crippen molar-refractivity contribution in [2.24, 2.45) is 0 Å². The van der Waals surface area contributed by atoms with Gasteiger partial charge in [-0.15, -0.1) is 0 Å². The van der Waals surface area contributed by atoms with Crippen LogP contribution in [0.15, 0.2) is 21.0 Å². The topological polar surface area (TPSA) is 36.9 Å². The standard InChI is InChI=1S/C10H5BrFNO/c1-5-2-6-8(11)3-9(12)7(4-13)10(6)14-5/h2-3H,1H3. The summed E-state index contributed by atoms with van der Waals surface area (Å²) in [4.78, 5) is 0. The van der Waals surface area contributed by atoms with E-state index in [0.717, 1.165) is 5.39 Å². The van der Waals surface area contributed by atoms with Crippen LogP contribution >= 0.6 is 15.9 Å². The normalized spacial score (nSPS) is 10.4. The summed E-state index contributed by atoms with van der Waals surface area (Å²) in [5, 5.41) is 9.47. The second-order valence-electron chi connectivity index (χ2n) is 2.93. The third kappa shape index (κ3) is 1.21. The van der Waals surface area contributed by atoms with Crippen molar-refractivity contribution in [3.63, 3.8) is 0 Å². The molecule has 0 N–H and O–H groups in total. The van der Waals surface area contributed by atoms with Crippen LogP contribution in [0, 0.1) is 24.1 Å². The summed E-state index contributed by atoms with van der Waals surface area (Å²) in [6.07, 6.45) is 0. The minimum absolute atomic E-state index is 0.0451. The Morgan fingerprint density at radius 3 is 2.86 bits per heavy atom.